The zero-order chi connectivity index (χ0) is 11.0. The Morgan fingerprint density at radius 2 is 1.93 bits per heavy atom. The molecule has 78 valence electrons. The van der Waals surface area contributed by atoms with Gasteiger partial charge in [-0.25, -0.2) is 4.98 Å². The van der Waals surface area contributed by atoms with E-state index in [9.17, 15) is 0 Å². The Hall–Kier alpha value is -0.990. The second kappa shape index (κ2) is 3.87. The summed E-state index contributed by atoms with van der Waals surface area (Å²) < 4.78 is 5.19. The van der Waals surface area contributed by atoms with Crippen LogP contribution >= 0.6 is 23.2 Å². The van der Waals surface area contributed by atoms with Crippen LogP contribution in [0.4, 0.5) is 0 Å². The highest BCUT2D eigenvalue weighted by Crippen LogP contribution is 2.33. The fourth-order valence-electron chi connectivity index (χ4n) is 1.50. The molecular weight excluding hydrogens is 233 g/mol. The van der Waals surface area contributed by atoms with Crippen LogP contribution in [0, 0.1) is 6.92 Å². The molecule has 0 unspecified atom stereocenters. The van der Waals surface area contributed by atoms with Crippen LogP contribution in [0.3, 0.4) is 0 Å². The number of methoxy groups -OCH3 is 1. The molecule has 1 aromatic carbocycles. The van der Waals surface area contributed by atoms with Crippen LogP contribution in [0.2, 0.25) is 10.0 Å². The number of benzene rings is 1. The molecule has 1 heterocycles. The monoisotopic (exact) mass is 241 g/mol. The van der Waals surface area contributed by atoms with E-state index < -0.39 is 0 Å². The van der Waals surface area contributed by atoms with E-state index >= 15 is 0 Å². The van der Waals surface area contributed by atoms with Crippen LogP contribution in [0.25, 0.3) is 10.8 Å². The molecule has 0 fully saturated rings. The summed E-state index contributed by atoms with van der Waals surface area (Å²) >= 11 is 12.1. The van der Waals surface area contributed by atoms with Gasteiger partial charge < -0.3 is 4.74 Å². The van der Waals surface area contributed by atoms with E-state index in [1.807, 2.05) is 13.0 Å². The van der Waals surface area contributed by atoms with Crippen LogP contribution in [0.15, 0.2) is 18.2 Å². The van der Waals surface area contributed by atoms with Crippen LogP contribution in [-0.4, -0.2) is 12.1 Å². The van der Waals surface area contributed by atoms with Crippen LogP contribution in [0.1, 0.15) is 5.69 Å². The number of aryl methyl sites for hydroxylation is 1. The number of fused-ring (bicyclic) bond motifs is 1. The zero-order valence-electron chi connectivity index (χ0n) is 8.34. The Morgan fingerprint density at radius 1 is 1.20 bits per heavy atom. The van der Waals surface area contributed by atoms with Gasteiger partial charge in [0, 0.05) is 15.8 Å². The number of aromatic nitrogens is 1. The normalized spacial score (nSPS) is 10.7. The lowest BCUT2D eigenvalue weighted by Crippen LogP contribution is -1.93. The number of hydrogen-bond acceptors (Lipinski definition) is 2. The topological polar surface area (TPSA) is 22.1 Å². The fourth-order valence-corrected chi connectivity index (χ4v) is 1.88. The lowest BCUT2D eigenvalue weighted by atomic mass is 10.1. The van der Waals surface area contributed by atoms with Gasteiger partial charge in [-0.1, -0.05) is 29.3 Å². The zero-order valence-corrected chi connectivity index (χ0v) is 9.86. The van der Waals surface area contributed by atoms with E-state index in [2.05, 4.69) is 4.98 Å². The third kappa shape index (κ3) is 1.75. The second-order valence-corrected chi connectivity index (χ2v) is 4.02. The van der Waals surface area contributed by atoms with E-state index in [4.69, 9.17) is 27.9 Å². The van der Waals surface area contributed by atoms with Gasteiger partial charge in [-0.3, -0.25) is 0 Å². The molecule has 0 aliphatic rings. The highest BCUT2D eigenvalue weighted by molar-refractivity contribution is 6.37. The highest BCUT2D eigenvalue weighted by Gasteiger charge is 2.10. The number of ether oxygens (including phenoxy) is 1. The summed E-state index contributed by atoms with van der Waals surface area (Å²) in [6.07, 6.45) is 0. The van der Waals surface area contributed by atoms with Gasteiger partial charge in [0.15, 0.2) is 0 Å². The Balaban J connectivity index is 2.90. The Morgan fingerprint density at radius 3 is 2.60 bits per heavy atom. The third-order valence-electron chi connectivity index (χ3n) is 2.23. The molecule has 0 aliphatic carbocycles. The molecule has 0 saturated heterocycles. The van der Waals surface area contributed by atoms with Crippen molar-refractivity contribution >= 4 is 34.0 Å². The van der Waals surface area contributed by atoms with Crippen molar-refractivity contribution in [3.8, 4) is 5.88 Å². The van der Waals surface area contributed by atoms with Crippen molar-refractivity contribution in [3.05, 3.63) is 33.9 Å². The average Bonchev–Trinajstić information content (AvgIpc) is 2.23. The van der Waals surface area contributed by atoms with Crippen molar-refractivity contribution < 1.29 is 4.74 Å². The molecule has 0 radical (unpaired) electrons. The molecule has 2 nitrogen and oxygen atoms in total. The van der Waals surface area contributed by atoms with E-state index in [0.717, 1.165) is 16.5 Å². The summed E-state index contributed by atoms with van der Waals surface area (Å²) in [6, 6.07) is 5.47. The summed E-state index contributed by atoms with van der Waals surface area (Å²) in [5.41, 5.74) is 0.753. The smallest absolute Gasteiger partial charge is 0.221 e. The van der Waals surface area contributed by atoms with Crippen molar-refractivity contribution in [2.45, 2.75) is 6.92 Å². The molecule has 2 aromatic rings. The molecular formula is C11H9Cl2NO. The summed E-state index contributed by atoms with van der Waals surface area (Å²) in [6.45, 7) is 1.85. The van der Waals surface area contributed by atoms with Crippen molar-refractivity contribution in [1.29, 1.82) is 0 Å². The number of rotatable bonds is 1. The minimum Gasteiger partial charge on any atom is -0.481 e. The Labute approximate surface area is 97.8 Å². The molecule has 0 aliphatic heterocycles. The van der Waals surface area contributed by atoms with Crippen molar-refractivity contribution in [2.24, 2.45) is 0 Å². The molecule has 4 heteroatoms. The minimum atomic E-state index is 0.550. The van der Waals surface area contributed by atoms with Gasteiger partial charge in [0.2, 0.25) is 5.88 Å². The lowest BCUT2D eigenvalue weighted by Gasteiger charge is -2.08. The molecule has 2 rings (SSSR count). The van der Waals surface area contributed by atoms with Crippen LogP contribution in [-0.2, 0) is 0 Å². The molecule has 0 amide bonds. The first-order valence-electron chi connectivity index (χ1n) is 4.43. The third-order valence-corrected chi connectivity index (χ3v) is 2.94. The summed E-state index contributed by atoms with van der Waals surface area (Å²) in [5.74, 6) is 0.550. The predicted octanol–water partition coefficient (Wildman–Crippen LogP) is 3.86. The van der Waals surface area contributed by atoms with Crippen LogP contribution < -0.4 is 4.74 Å². The van der Waals surface area contributed by atoms with Gasteiger partial charge in [-0.2, -0.15) is 0 Å². The molecule has 0 bridgehead atoms. The van der Waals surface area contributed by atoms with Gasteiger partial charge in [0.1, 0.15) is 0 Å². The maximum Gasteiger partial charge on any atom is 0.221 e. The van der Waals surface area contributed by atoms with E-state index in [-0.39, 0.29) is 0 Å². The maximum absolute atomic E-state index is 6.15. The first kappa shape index (κ1) is 10.5. The van der Waals surface area contributed by atoms with Crippen molar-refractivity contribution in [3.63, 3.8) is 0 Å². The quantitative estimate of drug-likeness (QED) is 0.757. The van der Waals surface area contributed by atoms with Crippen LogP contribution in [0.5, 0.6) is 5.88 Å². The molecule has 0 atom stereocenters. The maximum atomic E-state index is 6.15. The molecule has 15 heavy (non-hydrogen) atoms. The number of hydrogen-bond donors (Lipinski definition) is 0. The largest absolute Gasteiger partial charge is 0.481 e. The average molecular weight is 242 g/mol. The Bertz CT molecular complexity index is 525. The molecule has 0 saturated carbocycles. The van der Waals surface area contributed by atoms with Crippen molar-refractivity contribution in [2.75, 3.05) is 7.11 Å². The number of pyridine rings is 1. The predicted molar refractivity (Wildman–Crippen MR) is 63.1 cm³/mol. The Kier molecular flexibility index (Phi) is 2.72. The highest BCUT2D eigenvalue weighted by atomic mass is 35.5. The fraction of sp³-hybridized carbons (Fsp3) is 0.182. The first-order chi connectivity index (χ1) is 7.13. The van der Waals surface area contributed by atoms with Gasteiger partial charge in [-0.15, -0.1) is 0 Å². The van der Waals surface area contributed by atoms with E-state index in [1.165, 1.54) is 0 Å². The molecule has 0 spiro atoms. The molecule has 0 N–H and O–H groups in total. The van der Waals surface area contributed by atoms with Gasteiger partial charge >= 0.3 is 0 Å². The standard InChI is InChI=1S/C11H9Cl2NO/c1-6-10(13)8-4-3-7(12)5-9(8)11(14-6)15-2/h3-5H,1-2H3. The van der Waals surface area contributed by atoms with Gasteiger partial charge in [0.05, 0.1) is 17.8 Å². The van der Waals surface area contributed by atoms with Crippen molar-refractivity contribution in [1.82, 2.24) is 4.98 Å². The first-order valence-corrected chi connectivity index (χ1v) is 5.18. The van der Waals surface area contributed by atoms with Gasteiger partial charge in [0.25, 0.3) is 0 Å². The summed E-state index contributed by atoms with van der Waals surface area (Å²) in [5, 5.41) is 3.02. The summed E-state index contributed by atoms with van der Waals surface area (Å²) in [4.78, 5) is 4.25. The SMILES string of the molecule is COc1nc(C)c(Cl)c2ccc(Cl)cc12. The minimum absolute atomic E-state index is 0.550. The molecule has 1 aromatic heterocycles. The number of nitrogens with zero attached hydrogens (tertiary/aromatic N) is 1. The lowest BCUT2D eigenvalue weighted by molar-refractivity contribution is 0.402. The number of halogens is 2. The van der Waals surface area contributed by atoms with E-state index in [0.29, 0.717) is 15.9 Å². The second-order valence-electron chi connectivity index (χ2n) is 3.21. The van der Waals surface area contributed by atoms with E-state index in [1.54, 1.807) is 19.2 Å². The summed E-state index contributed by atoms with van der Waals surface area (Å²) in [7, 11) is 1.58. The van der Waals surface area contributed by atoms with Gasteiger partial charge in [-0.05, 0) is 19.1 Å².